The molecule has 3 rings (SSSR count). The Labute approximate surface area is 169 Å². The minimum Gasteiger partial charge on any atom is -0.326 e. The highest BCUT2D eigenvalue weighted by molar-refractivity contribution is 7.92. The van der Waals surface area contributed by atoms with Crippen molar-refractivity contribution < 1.29 is 13.2 Å². The van der Waals surface area contributed by atoms with Crippen LogP contribution in [0.4, 0.5) is 11.4 Å². The monoisotopic (exact) mass is 414 g/mol. The van der Waals surface area contributed by atoms with Gasteiger partial charge in [0, 0.05) is 10.7 Å². The van der Waals surface area contributed by atoms with Gasteiger partial charge in [-0.3, -0.25) is 9.52 Å². The average molecular weight is 415 g/mol. The van der Waals surface area contributed by atoms with Crippen molar-refractivity contribution in [2.45, 2.75) is 18.2 Å². The van der Waals surface area contributed by atoms with E-state index in [1.54, 1.807) is 67.6 Å². The summed E-state index contributed by atoms with van der Waals surface area (Å²) in [4.78, 5) is 12.5. The zero-order valence-corrected chi connectivity index (χ0v) is 16.7. The first kappa shape index (κ1) is 19.9. The maximum absolute atomic E-state index is 12.5. The first-order chi connectivity index (χ1) is 13.3. The molecule has 5 nitrogen and oxygen atoms in total. The molecule has 1 amide bonds. The number of benzene rings is 3. The van der Waals surface area contributed by atoms with Crippen molar-refractivity contribution in [1.29, 1.82) is 0 Å². The highest BCUT2D eigenvalue weighted by Crippen LogP contribution is 2.24. The third-order valence-corrected chi connectivity index (χ3v) is 5.73. The summed E-state index contributed by atoms with van der Waals surface area (Å²) in [6.07, 6.45) is 0.191. The van der Waals surface area contributed by atoms with E-state index in [1.807, 2.05) is 0 Å². The molecule has 0 fully saturated rings. The first-order valence-corrected chi connectivity index (χ1v) is 10.4. The molecule has 0 bridgehead atoms. The molecule has 0 atom stereocenters. The summed E-state index contributed by atoms with van der Waals surface area (Å²) in [7, 11) is -3.71. The summed E-state index contributed by atoms with van der Waals surface area (Å²) in [5.41, 5.74) is 2.50. The number of hydrogen-bond donors (Lipinski definition) is 2. The predicted octanol–water partition coefficient (Wildman–Crippen LogP) is 4.63. The van der Waals surface area contributed by atoms with E-state index in [2.05, 4.69) is 10.0 Å². The Bertz CT molecular complexity index is 1080. The maximum atomic E-state index is 12.5. The second kappa shape index (κ2) is 8.46. The predicted molar refractivity (Wildman–Crippen MR) is 112 cm³/mol. The summed E-state index contributed by atoms with van der Waals surface area (Å²) in [5, 5.41) is 3.40. The molecule has 0 aliphatic rings. The van der Waals surface area contributed by atoms with Gasteiger partial charge in [-0.25, -0.2) is 8.42 Å². The highest BCUT2D eigenvalue weighted by Gasteiger charge is 2.15. The van der Waals surface area contributed by atoms with E-state index in [1.165, 1.54) is 12.1 Å². The van der Waals surface area contributed by atoms with Crippen LogP contribution in [0.15, 0.2) is 77.7 Å². The molecule has 0 radical (unpaired) electrons. The lowest BCUT2D eigenvalue weighted by molar-refractivity contribution is -0.115. The van der Waals surface area contributed by atoms with Crippen LogP contribution in [0.5, 0.6) is 0 Å². The van der Waals surface area contributed by atoms with E-state index in [4.69, 9.17) is 11.6 Å². The lowest BCUT2D eigenvalue weighted by Crippen LogP contribution is -2.16. The number of amides is 1. The van der Waals surface area contributed by atoms with Crippen molar-refractivity contribution >= 4 is 38.9 Å². The van der Waals surface area contributed by atoms with E-state index in [9.17, 15) is 13.2 Å². The first-order valence-electron chi connectivity index (χ1n) is 8.56. The number of halogens is 1. The number of carbonyl (C=O) groups is 1. The second-order valence-corrected chi connectivity index (χ2v) is 8.42. The summed E-state index contributed by atoms with van der Waals surface area (Å²) >= 11 is 5.85. The number of rotatable bonds is 6. The summed E-state index contributed by atoms with van der Waals surface area (Å²) in [6.45, 7) is 1.79. The molecule has 0 spiro atoms. The number of nitrogens with one attached hydrogen (secondary N) is 2. The van der Waals surface area contributed by atoms with Crippen LogP contribution in [0.2, 0.25) is 5.02 Å². The maximum Gasteiger partial charge on any atom is 0.261 e. The Morgan fingerprint density at radius 1 is 0.964 bits per heavy atom. The van der Waals surface area contributed by atoms with E-state index in [-0.39, 0.29) is 17.2 Å². The van der Waals surface area contributed by atoms with Gasteiger partial charge < -0.3 is 5.32 Å². The van der Waals surface area contributed by atoms with Gasteiger partial charge in [0.2, 0.25) is 5.91 Å². The Kier molecular flexibility index (Phi) is 6.02. The lowest BCUT2D eigenvalue weighted by atomic mass is 10.1. The van der Waals surface area contributed by atoms with Crippen LogP contribution in [0.1, 0.15) is 11.1 Å². The number of anilines is 2. The van der Waals surface area contributed by atoms with E-state index < -0.39 is 10.0 Å². The molecule has 0 heterocycles. The fourth-order valence-corrected chi connectivity index (χ4v) is 3.87. The second-order valence-electron chi connectivity index (χ2n) is 6.30. The Morgan fingerprint density at radius 3 is 2.32 bits per heavy atom. The van der Waals surface area contributed by atoms with Crippen LogP contribution in [-0.2, 0) is 21.2 Å². The van der Waals surface area contributed by atoms with Crippen LogP contribution in [-0.4, -0.2) is 14.3 Å². The average Bonchev–Trinajstić information content (AvgIpc) is 2.67. The van der Waals surface area contributed by atoms with Crippen molar-refractivity contribution in [3.63, 3.8) is 0 Å². The fourth-order valence-electron chi connectivity index (χ4n) is 2.61. The number of sulfonamides is 1. The van der Waals surface area contributed by atoms with Crippen molar-refractivity contribution in [3.8, 4) is 0 Å². The summed E-state index contributed by atoms with van der Waals surface area (Å²) in [6, 6.07) is 20.2. The fraction of sp³-hybridized carbons (Fsp3) is 0.0952. The molecule has 3 aromatic carbocycles. The van der Waals surface area contributed by atoms with Gasteiger partial charge >= 0.3 is 0 Å². The van der Waals surface area contributed by atoms with Gasteiger partial charge in [0.05, 0.1) is 17.0 Å². The van der Waals surface area contributed by atoms with Gasteiger partial charge in [-0.1, -0.05) is 48.0 Å². The number of aryl methyl sites for hydroxylation is 1. The summed E-state index contributed by atoms with van der Waals surface area (Å²) in [5.74, 6) is -0.206. The molecule has 28 heavy (non-hydrogen) atoms. The molecule has 0 saturated carbocycles. The number of carbonyl (C=O) groups excluding carboxylic acids is 1. The van der Waals surface area contributed by atoms with Crippen molar-refractivity contribution in [1.82, 2.24) is 0 Å². The van der Waals surface area contributed by atoms with Crippen LogP contribution in [0.25, 0.3) is 0 Å². The third-order valence-electron chi connectivity index (χ3n) is 4.10. The molecular formula is C21H19ClN2O3S. The molecule has 0 aliphatic carbocycles. The van der Waals surface area contributed by atoms with Crippen LogP contribution >= 0.6 is 11.6 Å². The minimum atomic E-state index is -3.71. The molecule has 0 aliphatic heterocycles. The smallest absolute Gasteiger partial charge is 0.261 e. The van der Waals surface area contributed by atoms with Crippen LogP contribution < -0.4 is 10.0 Å². The third kappa shape index (κ3) is 5.12. The Hall–Kier alpha value is -2.83. The normalized spacial score (nSPS) is 11.1. The van der Waals surface area contributed by atoms with Gasteiger partial charge in [-0.05, 0) is 54.4 Å². The lowest BCUT2D eigenvalue weighted by Gasteiger charge is -2.13. The summed E-state index contributed by atoms with van der Waals surface area (Å²) < 4.78 is 27.7. The molecule has 7 heteroatoms. The van der Waals surface area contributed by atoms with Gasteiger partial charge in [0.1, 0.15) is 0 Å². The SMILES string of the molecule is Cc1ccc(NC(=O)Cc2ccc(Cl)cc2)cc1NS(=O)(=O)c1ccccc1. The minimum absolute atomic E-state index is 0.173. The Morgan fingerprint density at radius 2 is 1.64 bits per heavy atom. The highest BCUT2D eigenvalue weighted by atomic mass is 35.5. The van der Waals surface area contributed by atoms with Gasteiger partial charge in [0.25, 0.3) is 10.0 Å². The van der Waals surface area contributed by atoms with Crippen molar-refractivity contribution in [3.05, 3.63) is 88.9 Å². The van der Waals surface area contributed by atoms with Crippen molar-refractivity contribution in [2.75, 3.05) is 10.0 Å². The molecule has 2 N–H and O–H groups in total. The zero-order chi connectivity index (χ0) is 20.1. The number of hydrogen-bond acceptors (Lipinski definition) is 3. The van der Waals surface area contributed by atoms with Crippen LogP contribution in [0.3, 0.4) is 0 Å². The molecule has 0 saturated heterocycles. The molecule has 0 aromatic heterocycles. The van der Waals surface area contributed by atoms with Crippen LogP contribution in [0, 0.1) is 6.92 Å². The Balaban J connectivity index is 1.74. The van der Waals surface area contributed by atoms with Gasteiger partial charge in [-0.2, -0.15) is 0 Å². The molecule has 144 valence electrons. The zero-order valence-electron chi connectivity index (χ0n) is 15.1. The standard InChI is InChI=1S/C21H19ClN2O3S/c1-15-7-12-18(23-21(25)13-16-8-10-17(22)11-9-16)14-20(15)24-28(26,27)19-5-3-2-4-6-19/h2-12,14,24H,13H2,1H3,(H,23,25). The molecular weight excluding hydrogens is 396 g/mol. The van der Waals surface area contributed by atoms with E-state index >= 15 is 0 Å². The largest absolute Gasteiger partial charge is 0.326 e. The van der Waals surface area contributed by atoms with E-state index in [0.717, 1.165) is 11.1 Å². The molecule has 0 unspecified atom stereocenters. The van der Waals surface area contributed by atoms with Gasteiger partial charge in [0.15, 0.2) is 0 Å². The van der Waals surface area contributed by atoms with Gasteiger partial charge in [-0.15, -0.1) is 0 Å². The topological polar surface area (TPSA) is 75.3 Å². The quantitative estimate of drug-likeness (QED) is 0.617. The van der Waals surface area contributed by atoms with E-state index in [0.29, 0.717) is 16.4 Å². The molecule has 3 aromatic rings. The van der Waals surface area contributed by atoms with Crippen molar-refractivity contribution in [2.24, 2.45) is 0 Å².